The van der Waals surface area contributed by atoms with Gasteiger partial charge in [-0.2, -0.15) is 5.10 Å². The predicted octanol–water partition coefficient (Wildman–Crippen LogP) is 6.82. The van der Waals surface area contributed by atoms with Crippen LogP contribution in [0.2, 0.25) is 0 Å². The molecule has 1 aliphatic carbocycles. The van der Waals surface area contributed by atoms with Crippen molar-refractivity contribution in [3.63, 3.8) is 0 Å². The number of halogens is 2. The van der Waals surface area contributed by atoms with Crippen molar-refractivity contribution < 1.29 is 13.9 Å². The van der Waals surface area contributed by atoms with Gasteiger partial charge in [-0.05, 0) is 69.4 Å². The number of rotatable bonds is 7. The molecule has 2 aromatic rings. The van der Waals surface area contributed by atoms with Gasteiger partial charge in [0, 0.05) is 17.3 Å². The molecule has 2 heterocycles. The zero-order valence-corrected chi connectivity index (χ0v) is 20.9. The van der Waals surface area contributed by atoms with Crippen LogP contribution in [-0.2, 0) is 12.8 Å². The first-order chi connectivity index (χ1) is 15.9. The zero-order chi connectivity index (χ0) is 24.9. The third-order valence-electron chi connectivity index (χ3n) is 5.78. The first-order valence-electron chi connectivity index (χ1n) is 11.6. The minimum atomic E-state index is -0.292. The molecule has 1 N–H and O–H groups in total. The fraction of sp³-hybridized carbons (Fsp3) is 0.481. The third-order valence-corrected chi connectivity index (χ3v) is 5.78. The molecule has 0 fully saturated rings. The van der Waals surface area contributed by atoms with Crippen LogP contribution in [0.3, 0.4) is 0 Å². The van der Waals surface area contributed by atoms with E-state index in [0.717, 1.165) is 37.1 Å². The lowest BCUT2D eigenvalue weighted by Crippen LogP contribution is -2.36. The van der Waals surface area contributed by atoms with Crippen LogP contribution in [0.1, 0.15) is 70.8 Å². The summed E-state index contributed by atoms with van der Waals surface area (Å²) >= 11 is 0. The maximum atomic E-state index is 12.5. The summed E-state index contributed by atoms with van der Waals surface area (Å²) in [6, 6.07) is 3.01. The summed E-state index contributed by atoms with van der Waals surface area (Å²) in [6.45, 7) is 10.2. The van der Waals surface area contributed by atoms with Crippen molar-refractivity contribution in [2.24, 2.45) is 5.41 Å². The summed E-state index contributed by atoms with van der Waals surface area (Å²) in [4.78, 5) is 3.82. The van der Waals surface area contributed by atoms with E-state index in [-0.39, 0.29) is 17.3 Å². The lowest BCUT2D eigenvalue weighted by molar-refractivity contribution is 0.0478. The van der Waals surface area contributed by atoms with Crippen LogP contribution >= 0.6 is 0 Å². The Bertz CT molecular complexity index is 933. The average Bonchev–Trinajstić information content (AvgIpc) is 3.27. The molecule has 0 spiro atoms. The number of hydrogen-bond acceptors (Lipinski definition) is 3. The lowest BCUT2D eigenvalue weighted by Gasteiger charge is -2.37. The molecule has 182 valence electrons. The van der Waals surface area contributed by atoms with Crippen molar-refractivity contribution in [2.45, 2.75) is 72.8 Å². The summed E-state index contributed by atoms with van der Waals surface area (Å²) in [5.41, 5.74) is 3.89. The number of aromatic nitrogens is 3. The number of fused-ring (bicyclic) bond motifs is 1. The van der Waals surface area contributed by atoms with Gasteiger partial charge in [-0.1, -0.05) is 45.4 Å². The zero-order valence-electron chi connectivity index (χ0n) is 20.9. The van der Waals surface area contributed by atoms with Gasteiger partial charge in [0.2, 0.25) is 0 Å². The number of allylic oxidation sites excluding steroid dienone is 4. The van der Waals surface area contributed by atoms with E-state index in [1.807, 2.05) is 36.9 Å². The van der Waals surface area contributed by atoms with Crippen molar-refractivity contribution in [3.05, 3.63) is 71.6 Å². The van der Waals surface area contributed by atoms with Crippen molar-refractivity contribution in [1.29, 1.82) is 0 Å². The topological polar surface area (TPSA) is 50.9 Å². The SMILES string of the molecule is C/C=C\C=C(/C)n1ncc2c1C=CC(CCC)(C(O)CC)C2.CCc1ncccc1F.CF. The summed E-state index contributed by atoms with van der Waals surface area (Å²) in [5.74, 6) is -0.208. The number of alkyl halides is 1. The van der Waals surface area contributed by atoms with Gasteiger partial charge in [-0.25, -0.2) is 9.07 Å². The van der Waals surface area contributed by atoms with E-state index < -0.39 is 0 Å². The maximum Gasteiger partial charge on any atom is 0.144 e. The highest BCUT2D eigenvalue weighted by molar-refractivity contribution is 5.60. The molecule has 0 saturated carbocycles. The van der Waals surface area contributed by atoms with Gasteiger partial charge in [0.05, 0.1) is 30.9 Å². The van der Waals surface area contributed by atoms with Crippen molar-refractivity contribution in [1.82, 2.24) is 14.8 Å². The van der Waals surface area contributed by atoms with Crippen LogP contribution in [0.4, 0.5) is 8.78 Å². The number of nitrogens with zero attached hydrogens (tertiary/aromatic N) is 3. The summed E-state index contributed by atoms with van der Waals surface area (Å²) in [6.07, 6.45) is 18.1. The van der Waals surface area contributed by atoms with Gasteiger partial charge in [-0.15, -0.1) is 0 Å². The smallest absolute Gasteiger partial charge is 0.144 e. The van der Waals surface area contributed by atoms with E-state index in [2.05, 4.69) is 49.1 Å². The predicted molar refractivity (Wildman–Crippen MR) is 134 cm³/mol. The number of pyridine rings is 1. The van der Waals surface area contributed by atoms with Gasteiger partial charge < -0.3 is 5.11 Å². The Morgan fingerprint density at radius 2 is 2.03 bits per heavy atom. The van der Waals surface area contributed by atoms with Crippen LogP contribution < -0.4 is 0 Å². The van der Waals surface area contributed by atoms with Gasteiger partial charge in [-0.3, -0.25) is 9.37 Å². The molecule has 0 aromatic carbocycles. The molecule has 0 aliphatic heterocycles. The molecule has 2 aromatic heterocycles. The Labute approximate surface area is 197 Å². The molecule has 3 rings (SSSR count). The minimum Gasteiger partial charge on any atom is -0.392 e. The van der Waals surface area contributed by atoms with Crippen molar-refractivity contribution in [3.8, 4) is 0 Å². The van der Waals surface area contributed by atoms with Gasteiger partial charge in [0.15, 0.2) is 0 Å². The number of hydrogen-bond donors (Lipinski definition) is 1. The molecule has 2 unspecified atom stereocenters. The second-order valence-electron chi connectivity index (χ2n) is 8.00. The normalized spacial score (nSPS) is 18.2. The van der Waals surface area contributed by atoms with Crippen LogP contribution in [-0.4, -0.2) is 33.2 Å². The number of aliphatic hydroxyl groups is 1. The van der Waals surface area contributed by atoms with E-state index in [0.29, 0.717) is 19.3 Å². The average molecular weight is 460 g/mol. The third kappa shape index (κ3) is 7.46. The quantitative estimate of drug-likeness (QED) is 0.463. The van der Waals surface area contributed by atoms with Gasteiger partial charge in [0.25, 0.3) is 0 Å². The van der Waals surface area contributed by atoms with E-state index in [1.165, 1.54) is 11.6 Å². The second kappa shape index (κ2) is 14.5. The Morgan fingerprint density at radius 3 is 2.58 bits per heavy atom. The minimum absolute atomic E-state index is 0.134. The summed E-state index contributed by atoms with van der Waals surface area (Å²) in [5, 5.41) is 15.1. The second-order valence-corrected chi connectivity index (χ2v) is 8.00. The molecular weight excluding hydrogens is 420 g/mol. The highest BCUT2D eigenvalue weighted by Crippen LogP contribution is 2.40. The first-order valence-corrected chi connectivity index (χ1v) is 11.6. The fourth-order valence-corrected chi connectivity index (χ4v) is 4.07. The van der Waals surface area contributed by atoms with Crippen molar-refractivity contribution >= 4 is 11.8 Å². The number of aryl methyl sites for hydroxylation is 1. The monoisotopic (exact) mass is 459 g/mol. The number of aliphatic hydroxyl groups excluding tert-OH is 1. The molecule has 2 atom stereocenters. The highest BCUT2D eigenvalue weighted by atomic mass is 19.1. The molecule has 4 nitrogen and oxygen atoms in total. The summed E-state index contributed by atoms with van der Waals surface area (Å²) in [7, 11) is 0.500. The van der Waals surface area contributed by atoms with Crippen LogP contribution in [0.15, 0.2) is 48.8 Å². The summed E-state index contributed by atoms with van der Waals surface area (Å²) < 4.78 is 24.0. The Balaban J connectivity index is 0.000000412. The largest absolute Gasteiger partial charge is 0.392 e. The molecule has 6 heteroatoms. The Kier molecular flexibility index (Phi) is 12.5. The molecule has 0 radical (unpaired) electrons. The molecule has 1 aliphatic rings. The van der Waals surface area contributed by atoms with Gasteiger partial charge in [0.1, 0.15) is 5.82 Å². The van der Waals surface area contributed by atoms with E-state index in [4.69, 9.17) is 0 Å². The van der Waals surface area contributed by atoms with E-state index in [1.54, 1.807) is 12.3 Å². The molecule has 0 bridgehead atoms. The van der Waals surface area contributed by atoms with Gasteiger partial charge >= 0.3 is 0 Å². The maximum absolute atomic E-state index is 12.5. The molecule has 33 heavy (non-hydrogen) atoms. The molecule has 0 saturated heterocycles. The highest BCUT2D eigenvalue weighted by Gasteiger charge is 2.37. The van der Waals surface area contributed by atoms with Crippen LogP contribution in [0.25, 0.3) is 11.8 Å². The molecular formula is C27H39F2N3O. The standard InChI is InChI=1S/C19H28N2O.C7H8FN.CH3F/c1-5-8-9-15(4)21-17-10-12-19(11-6-2,18(22)7-3)13-16(17)14-20-21;1-2-7-6(8)4-3-5-9-7;1-2/h5,8-10,12,14,18,22H,6-7,11,13H2,1-4H3;3-5H,2H2,1H3;1H3/b8-5-,15-9+;;. The first kappa shape index (κ1) is 28.4. The van der Waals surface area contributed by atoms with Crippen LogP contribution in [0, 0.1) is 11.2 Å². The van der Waals surface area contributed by atoms with E-state index in [9.17, 15) is 13.9 Å². The van der Waals surface area contributed by atoms with E-state index >= 15 is 0 Å². The fourth-order valence-electron chi connectivity index (χ4n) is 4.07. The Hall–Kier alpha value is -2.60. The van der Waals surface area contributed by atoms with Crippen molar-refractivity contribution in [2.75, 3.05) is 7.18 Å². The Morgan fingerprint density at radius 1 is 1.30 bits per heavy atom. The van der Waals surface area contributed by atoms with Crippen LogP contribution in [0.5, 0.6) is 0 Å². The molecule has 0 amide bonds. The lowest BCUT2D eigenvalue weighted by atomic mass is 9.70.